The van der Waals surface area contributed by atoms with Gasteiger partial charge in [0.1, 0.15) is 6.04 Å². The molecule has 1 atom stereocenters. The van der Waals surface area contributed by atoms with Crippen LogP contribution in [0.2, 0.25) is 0 Å². The van der Waals surface area contributed by atoms with E-state index in [1.54, 1.807) is 30.0 Å². The lowest BCUT2D eigenvalue weighted by atomic mass is 10.1. The number of anilines is 1. The summed E-state index contributed by atoms with van der Waals surface area (Å²) < 4.78 is 27.9. The van der Waals surface area contributed by atoms with Gasteiger partial charge in [0, 0.05) is 30.9 Å². The van der Waals surface area contributed by atoms with E-state index in [-0.39, 0.29) is 30.8 Å². The number of sulfonamides is 1. The average Bonchev–Trinajstić information content (AvgIpc) is 3.05. The first-order chi connectivity index (χ1) is 17.1. The first-order valence-electron chi connectivity index (χ1n) is 12.3. The van der Waals surface area contributed by atoms with Gasteiger partial charge in [-0.1, -0.05) is 54.1 Å². The van der Waals surface area contributed by atoms with Crippen LogP contribution in [-0.4, -0.2) is 43.8 Å². The van der Waals surface area contributed by atoms with Crippen molar-refractivity contribution in [2.75, 3.05) is 10.8 Å². The lowest BCUT2D eigenvalue weighted by Crippen LogP contribution is -2.49. The number of hydrogen-bond donors (Lipinski definition) is 1. The molecule has 0 bridgehead atoms. The van der Waals surface area contributed by atoms with Gasteiger partial charge < -0.3 is 10.2 Å². The van der Waals surface area contributed by atoms with Crippen LogP contribution in [0.15, 0.2) is 65.6 Å². The lowest BCUT2D eigenvalue weighted by Gasteiger charge is -2.30. The number of amides is 2. The number of nitrogens with zero attached hydrogens (tertiary/aromatic N) is 2. The molecule has 1 N–H and O–H groups in total. The lowest BCUT2D eigenvalue weighted by molar-refractivity contribution is -0.140. The van der Waals surface area contributed by atoms with Crippen LogP contribution in [0.1, 0.15) is 44.7 Å². The van der Waals surface area contributed by atoms with Gasteiger partial charge in [0.15, 0.2) is 0 Å². The van der Waals surface area contributed by atoms with Crippen LogP contribution < -0.4 is 9.62 Å². The van der Waals surface area contributed by atoms with E-state index < -0.39 is 16.1 Å². The molecule has 4 rings (SSSR count). The van der Waals surface area contributed by atoms with Gasteiger partial charge in [-0.05, 0) is 57.2 Å². The Morgan fingerprint density at radius 2 is 1.69 bits per heavy atom. The van der Waals surface area contributed by atoms with Gasteiger partial charge in [-0.15, -0.1) is 0 Å². The Labute approximate surface area is 213 Å². The standard InChI is InChI=1S/C28H33N3O4S/c1-19(2)29-28(33)21(4)30(18-22-10-5-9-20(3)17-22)26(32)15-8-16-31-24-13-6-11-23-12-7-14-25(27(23)24)36(31,34)35/h5-7,9-14,17,19,21H,8,15-16,18H2,1-4H3,(H,29,33)/t21-/m1/s1. The summed E-state index contributed by atoms with van der Waals surface area (Å²) >= 11 is 0. The molecular weight excluding hydrogens is 474 g/mol. The average molecular weight is 508 g/mol. The van der Waals surface area contributed by atoms with E-state index in [2.05, 4.69) is 5.32 Å². The molecule has 0 radical (unpaired) electrons. The van der Waals surface area contributed by atoms with Crippen LogP contribution in [-0.2, 0) is 26.2 Å². The van der Waals surface area contributed by atoms with Crippen molar-refractivity contribution in [3.63, 3.8) is 0 Å². The van der Waals surface area contributed by atoms with Crippen molar-refractivity contribution in [2.45, 2.75) is 64.1 Å². The molecule has 1 heterocycles. The van der Waals surface area contributed by atoms with Gasteiger partial charge in [0.05, 0.1) is 10.6 Å². The van der Waals surface area contributed by atoms with E-state index in [1.807, 2.05) is 63.2 Å². The van der Waals surface area contributed by atoms with Gasteiger partial charge >= 0.3 is 0 Å². The summed E-state index contributed by atoms with van der Waals surface area (Å²) in [6.07, 6.45) is 0.467. The maximum atomic E-state index is 13.4. The van der Waals surface area contributed by atoms with E-state index in [0.717, 1.165) is 21.9 Å². The molecule has 3 aromatic carbocycles. The highest BCUT2D eigenvalue weighted by molar-refractivity contribution is 7.93. The second-order valence-corrected chi connectivity index (χ2v) is 11.5. The summed E-state index contributed by atoms with van der Waals surface area (Å²) in [5.41, 5.74) is 2.67. The van der Waals surface area contributed by atoms with E-state index in [4.69, 9.17) is 0 Å². The molecular formula is C28H33N3O4S. The fraction of sp³-hybridized carbons (Fsp3) is 0.357. The fourth-order valence-corrected chi connectivity index (χ4v) is 6.46. The molecule has 0 aromatic heterocycles. The normalized spacial score (nSPS) is 14.8. The summed E-state index contributed by atoms with van der Waals surface area (Å²) in [7, 11) is -3.67. The van der Waals surface area contributed by atoms with Crippen molar-refractivity contribution in [3.05, 3.63) is 71.8 Å². The predicted octanol–water partition coefficient (Wildman–Crippen LogP) is 4.38. The van der Waals surface area contributed by atoms with Crippen molar-refractivity contribution in [3.8, 4) is 0 Å². The highest BCUT2D eigenvalue weighted by Gasteiger charge is 2.35. The Balaban J connectivity index is 1.50. The summed E-state index contributed by atoms with van der Waals surface area (Å²) in [4.78, 5) is 28.0. The van der Waals surface area contributed by atoms with Gasteiger partial charge in [0.25, 0.3) is 10.0 Å². The monoisotopic (exact) mass is 507 g/mol. The Kier molecular flexibility index (Phi) is 7.36. The first kappa shape index (κ1) is 25.7. The fourth-order valence-electron chi connectivity index (χ4n) is 4.71. The molecule has 1 aliphatic heterocycles. The van der Waals surface area contributed by atoms with Crippen LogP contribution in [0.25, 0.3) is 10.8 Å². The molecule has 3 aromatic rings. The Morgan fingerprint density at radius 3 is 2.39 bits per heavy atom. The number of aryl methyl sites for hydroxylation is 1. The van der Waals surface area contributed by atoms with Crippen molar-refractivity contribution in [1.29, 1.82) is 0 Å². The van der Waals surface area contributed by atoms with E-state index in [9.17, 15) is 18.0 Å². The van der Waals surface area contributed by atoms with Crippen molar-refractivity contribution < 1.29 is 18.0 Å². The second kappa shape index (κ2) is 10.3. The molecule has 0 saturated heterocycles. The van der Waals surface area contributed by atoms with Gasteiger partial charge in [-0.25, -0.2) is 8.42 Å². The maximum absolute atomic E-state index is 13.4. The van der Waals surface area contributed by atoms with E-state index in [1.165, 1.54) is 4.31 Å². The molecule has 1 aliphatic rings. The zero-order valence-corrected chi connectivity index (χ0v) is 22.0. The molecule has 8 heteroatoms. The number of rotatable bonds is 9. The summed E-state index contributed by atoms with van der Waals surface area (Å²) in [5.74, 6) is -0.398. The Morgan fingerprint density at radius 1 is 1.00 bits per heavy atom. The first-order valence-corrected chi connectivity index (χ1v) is 13.7. The van der Waals surface area contributed by atoms with Crippen molar-refractivity contribution in [1.82, 2.24) is 10.2 Å². The third-order valence-electron chi connectivity index (χ3n) is 6.47. The minimum Gasteiger partial charge on any atom is -0.352 e. The van der Waals surface area contributed by atoms with Gasteiger partial charge in [-0.3, -0.25) is 13.9 Å². The second-order valence-electron chi connectivity index (χ2n) is 9.66. The predicted molar refractivity (Wildman–Crippen MR) is 142 cm³/mol. The molecule has 0 spiro atoms. The molecule has 0 fully saturated rings. The minimum atomic E-state index is -3.67. The van der Waals surface area contributed by atoms with E-state index in [0.29, 0.717) is 23.5 Å². The van der Waals surface area contributed by atoms with Crippen molar-refractivity contribution in [2.24, 2.45) is 0 Å². The van der Waals surface area contributed by atoms with Crippen molar-refractivity contribution >= 4 is 38.3 Å². The zero-order chi connectivity index (χ0) is 26.0. The number of benzene rings is 3. The summed E-state index contributed by atoms with van der Waals surface area (Å²) in [6, 6.07) is 18.0. The Hall–Kier alpha value is -3.39. The third-order valence-corrected chi connectivity index (χ3v) is 8.32. The van der Waals surface area contributed by atoms with Crippen LogP contribution >= 0.6 is 0 Å². The molecule has 0 aliphatic carbocycles. The molecule has 7 nitrogen and oxygen atoms in total. The molecule has 0 unspecified atom stereocenters. The van der Waals surface area contributed by atoms with E-state index >= 15 is 0 Å². The smallest absolute Gasteiger partial charge is 0.265 e. The zero-order valence-electron chi connectivity index (χ0n) is 21.2. The van der Waals surface area contributed by atoms with Crippen LogP contribution in [0.3, 0.4) is 0 Å². The SMILES string of the molecule is Cc1cccc(CN(C(=O)CCCN2c3cccc4cccc(c34)S2(=O)=O)[C@H](C)C(=O)NC(C)C)c1. The highest BCUT2D eigenvalue weighted by atomic mass is 32.2. The third kappa shape index (κ3) is 5.09. The quantitative estimate of drug-likeness (QED) is 0.466. The summed E-state index contributed by atoms with van der Waals surface area (Å²) in [6.45, 7) is 7.97. The molecule has 0 saturated carbocycles. The summed E-state index contributed by atoms with van der Waals surface area (Å²) in [5, 5.41) is 4.49. The van der Waals surface area contributed by atoms with Crippen LogP contribution in [0.5, 0.6) is 0 Å². The minimum absolute atomic E-state index is 0.0411. The number of nitrogens with one attached hydrogen (secondary N) is 1. The van der Waals surface area contributed by atoms with Gasteiger partial charge in [-0.2, -0.15) is 0 Å². The number of hydrogen-bond acceptors (Lipinski definition) is 4. The maximum Gasteiger partial charge on any atom is 0.265 e. The van der Waals surface area contributed by atoms with Crippen LogP contribution in [0.4, 0.5) is 5.69 Å². The molecule has 2 amide bonds. The number of carbonyl (C=O) groups excluding carboxylic acids is 2. The topological polar surface area (TPSA) is 86.8 Å². The molecule has 190 valence electrons. The molecule has 36 heavy (non-hydrogen) atoms. The highest BCUT2D eigenvalue weighted by Crippen LogP contribution is 2.42. The number of carbonyl (C=O) groups is 2. The Bertz CT molecular complexity index is 1400. The largest absolute Gasteiger partial charge is 0.352 e. The van der Waals surface area contributed by atoms with Gasteiger partial charge in [0.2, 0.25) is 11.8 Å². The van der Waals surface area contributed by atoms with Crippen LogP contribution in [0, 0.1) is 6.92 Å².